The monoisotopic (exact) mass is 444 g/mol. The smallest absolute Gasteiger partial charge is 0.303 e. The third-order valence-corrected chi connectivity index (χ3v) is 8.04. The number of esters is 4. The van der Waals surface area contributed by atoms with Crippen molar-refractivity contribution in [1.82, 2.24) is 0 Å². The van der Waals surface area contributed by atoms with E-state index in [1.807, 2.05) is 0 Å². The number of carbonyl (C=O) groups excluding carboxylic acids is 4. The predicted molar refractivity (Wildman–Crippen MR) is 108 cm³/mol. The van der Waals surface area contributed by atoms with Gasteiger partial charge >= 0.3 is 23.9 Å². The highest BCUT2D eigenvalue weighted by Crippen LogP contribution is 2.68. The Morgan fingerprint density at radius 3 is 1.03 bits per heavy atom. The maximum absolute atomic E-state index is 11.7. The molecule has 0 bridgehead atoms. The van der Waals surface area contributed by atoms with E-state index < -0.39 is 24.4 Å². The van der Waals surface area contributed by atoms with E-state index in [1.165, 1.54) is 27.7 Å². The van der Waals surface area contributed by atoms with Crippen LogP contribution in [0, 0.1) is 47.3 Å². The highest BCUT2D eigenvalue weighted by Gasteiger charge is 2.71. The van der Waals surface area contributed by atoms with Gasteiger partial charge in [-0.1, -0.05) is 24.3 Å². The fourth-order valence-electron chi connectivity index (χ4n) is 7.17. The van der Waals surface area contributed by atoms with Crippen LogP contribution in [0.1, 0.15) is 27.7 Å². The second-order valence-electron chi connectivity index (χ2n) is 9.68. The molecule has 3 saturated carbocycles. The molecule has 0 heterocycles. The highest BCUT2D eigenvalue weighted by atomic mass is 16.6. The number of fused-ring (bicyclic) bond motifs is 8. The summed E-state index contributed by atoms with van der Waals surface area (Å²) in [5, 5.41) is 0. The molecule has 5 aliphatic carbocycles. The Kier molecular flexibility index (Phi) is 4.94. The third kappa shape index (κ3) is 3.02. The molecule has 8 nitrogen and oxygen atoms in total. The van der Waals surface area contributed by atoms with Crippen LogP contribution >= 0.6 is 0 Å². The largest absolute Gasteiger partial charge is 0.458 e. The van der Waals surface area contributed by atoms with Gasteiger partial charge in [0, 0.05) is 51.4 Å². The summed E-state index contributed by atoms with van der Waals surface area (Å²) >= 11 is 0. The Hall–Kier alpha value is -2.64. The molecule has 5 aliphatic rings. The molecule has 3 fully saturated rings. The van der Waals surface area contributed by atoms with Gasteiger partial charge in [0.05, 0.1) is 0 Å². The zero-order valence-corrected chi connectivity index (χ0v) is 18.5. The molecule has 0 aliphatic heterocycles. The van der Waals surface area contributed by atoms with Gasteiger partial charge in [0.1, 0.15) is 24.4 Å². The first-order valence-electron chi connectivity index (χ1n) is 11.2. The van der Waals surface area contributed by atoms with Gasteiger partial charge in [0.2, 0.25) is 0 Å². The lowest BCUT2D eigenvalue weighted by molar-refractivity contribution is -0.261. The standard InChI is InChI=1S/C24H28O8/c1-9(25)29-21-15-7-5-13-17(19(15)23(21)31-11(3)27)14-6-8-16-20(18(13)14)24(32-12(4)28)22(16)30-10(2)26/h5-8,13-24H,1-4H3/t13?,14?,15-,16-,17?,18?,19-,20+,21-,22+,23+,24-/m1/s1. The minimum absolute atomic E-state index is 0.0241. The molecule has 0 spiro atoms. The van der Waals surface area contributed by atoms with E-state index in [4.69, 9.17) is 18.9 Å². The van der Waals surface area contributed by atoms with Gasteiger partial charge in [-0.15, -0.1) is 0 Å². The van der Waals surface area contributed by atoms with Crippen LogP contribution in [-0.2, 0) is 38.1 Å². The SMILES string of the molecule is CC(=O)O[C@@H]1[C@@H]2C=CC3C4C(C=C[C@H]5[C@H](OC(C)=O)[C@H](OC(C)=O)[C@H]45)C3[C@@H]2[C@@H]1OC(C)=O. The summed E-state index contributed by atoms with van der Waals surface area (Å²) in [5.74, 6) is -0.330. The molecule has 5 rings (SSSR count). The van der Waals surface area contributed by atoms with E-state index >= 15 is 0 Å². The van der Waals surface area contributed by atoms with Gasteiger partial charge in [-0.25, -0.2) is 0 Å². The molecule has 12 atom stereocenters. The average Bonchev–Trinajstić information content (AvgIpc) is 2.69. The fraction of sp³-hybridized carbons (Fsp3) is 0.667. The van der Waals surface area contributed by atoms with E-state index in [2.05, 4.69) is 24.3 Å². The van der Waals surface area contributed by atoms with Crippen LogP contribution in [-0.4, -0.2) is 48.3 Å². The first kappa shape index (κ1) is 21.2. The molecule has 8 heteroatoms. The summed E-state index contributed by atoms with van der Waals surface area (Å²) in [6.45, 7) is 5.47. The van der Waals surface area contributed by atoms with Crippen molar-refractivity contribution in [3.05, 3.63) is 24.3 Å². The molecule has 0 aromatic rings. The van der Waals surface area contributed by atoms with Crippen LogP contribution in [0.15, 0.2) is 24.3 Å². The van der Waals surface area contributed by atoms with Crippen molar-refractivity contribution in [2.45, 2.75) is 52.1 Å². The van der Waals surface area contributed by atoms with Crippen LogP contribution in [0.2, 0.25) is 0 Å². The van der Waals surface area contributed by atoms with E-state index in [1.54, 1.807) is 0 Å². The first-order chi connectivity index (χ1) is 15.2. The number of allylic oxidation sites excluding steroid dienone is 2. The van der Waals surface area contributed by atoms with Gasteiger partial charge < -0.3 is 18.9 Å². The summed E-state index contributed by atoms with van der Waals surface area (Å²) < 4.78 is 22.2. The lowest BCUT2D eigenvalue weighted by atomic mass is 9.37. The van der Waals surface area contributed by atoms with Gasteiger partial charge in [-0.05, 0) is 23.7 Å². The zero-order valence-electron chi connectivity index (χ0n) is 18.5. The van der Waals surface area contributed by atoms with Crippen LogP contribution in [0.5, 0.6) is 0 Å². The number of rotatable bonds is 4. The molecule has 172 valence electrons. The molecule has 32 heavy (non-hydrogen) atoms. The van der Waals surface area contributed by atoms with Gasteiger partial charge in [-0.2, -0.15) is 0 Å². The Morgan fingerprint density at radius 2 is 0.719 bits per heavy atom. The van der Waals surface area contributed by atoms with Crippen LogP contribution in [0.3, 0.4) is 0 Å². The van der Waals surface area contributed by atoms with E-state index in [0.29, 0.717) is 0 Å². The Bertz CT molecular complexity index is 839. The lowest BCUT2D eigenvalue weighted by Gasteiger charge is -2.69. The Labute approximate surface area is 186 Å². The molecule has 0 aromatic heterocycles. The average molecular weight is 444 g/mol. The van der Waals surface area contributed by atoms with Crippen molar-refractivity contribution in [2.75, 3.05) is 0 Å². The van der Waals surface area contributed by atoms with Gasteiger partial charge in [-0.3, -0.25) is 19.2 Å². The van der Waals surface area contributed by atoms with E-state index in [0.717, 1.165) is 0 Å². The topological polar surface area (TPSA) is 105 Å². The second kappa shape index (κ2) is 7.46. The maximum Gasteiger partial charge on any atom is 0.303 e. The molecule has 0 saturated heterocycles. The van der Waals surface area contributed by atoms with Crippen LogP contribution < -0.4 is 0 Å². The van der Waals surface area contributed by atoms with Crippen molar-refractivity contribution in [2.24, 2.45) is 47.3 Å². The van der Waals surface area contributed by atoms with Crippen molar-refractivity contribution < 1.29 is 38.1 Å². The fourth-order valence-corrected chi connectivity index (χ4v) is 7.17. The Morgan fingerprint density at radius 1 is 0.438 bits per heavy atom. The lowest BCUT2D eigenvalue weighted by Crippen LogP contribution is -2.73. The molecule has 0 amide bonds. The summed E-state index contributed by atoms with van der Waals surface area (Å²) in [4.78, 5) is 46.6. The summed E-state index contributed by atoms with van der Waals surface area (Å²) in [6, 6.07) is 0. The number of hydrogen-bond acceptors (Lipinski definition) is 8. The van der Waals surface area contributed by atoms with Crippen LogP contribution in [0.25, 0.3) is 0 Å². The predicted octanol–water partition coefficient (Wildman–Crippen LogP) is 1.82. The number of carbonyl (C=O) groups is 4. The maximum atomic E-state index is 11.7. The van der Waals surface area contributed by atoms with Crippen LogP contribution in [0.4, 0.5) is 0 Å². The van der Waals surface area contributed by atoms with E-state index in [9.17, 15) is 19.2 Å². The molecule has 0 aromatic carbocycles. The van der Waals surface area contributed by atoms with Crippen molar-refractivity contribution in [3.63, 3.8) is 0 Å². The van der Waals surface area contributed by atoms with Gasteiger partial charge in [0.15, 0.2) is 0 Å². The normalized spacial score (nSPS) is 46.4. The highest BCUT2D eigenvalue weighted by molar-refractivity contribution is 5.68. The minimum atomic E-state index is -0.455. The number of ether oxygens (including phenoxy) is 4. The first-order valence-corrected chi connectivity index (χ1v) is 11.2. The third-order valence-electron chi connectivity index (χ3n) is 8.04. The number of hydrogen-bond donors (Lipinski definition) is 0. The van der Waals surface area contributed by atoms with Crippen molar-refractivity contribution in [3.8, 4) is 0 Å². The van der Waals surface area contributed by atoms with Gasteiger partial charge in [0.25, 0.3) is 0 Å². The summed E-state index contributed by atoms with van der Waals surface area (Å²) in [7, 11) is 0. The van der Waals surface area contributed by atoms with Crippen molar-refractivity contribution >= 4 is 23.9 Å². The Balaban J connectivity index is 1.40. The van der Waals surface area contributed by atoms with E-state index in [-0.39, 0.29) is 71.2 Å². The summed E-state index contributed by atoms with van der Waals surface area (Å²) in [5.41, 5.74) is 0. The quantitative estimate of drug-likeness (QED) is 0.367. The molecule has 0 N–H and O–H groups in total. The summed E-state index contributed by atoms with van der Waals surface area (Å²) in [6.07, 6.45) is 6.74. The molecule has 0 radical (unpaired) electrons. The minimum Gasteiger partial charge on any atom is -0.458 e. The zero-order chi connectivity index (χ0) is 22.9. The molecular formula is C24H28O8. The molecule has 4 unspecified atom stereocenters. The second-order valence-corrected chi connectivity index (χ2v) is 9.68. The van der Waals surface area contributed by atoms with Crippen molar-refractivity contribution in [1.29, 1.82) is 0 Å². The molecular weight excluding hydrogens is 416 g/mol.